The highest BCUT2D eigenvalue weighted by Gasteiger charge is 2.58. The van der Waals surface area contributed by atoms with Gasteiger partial charge in [0.15, 0.2) is 0 Å². The number of rotatable bonds is 9. The molecule has 2 aromatic carbocycles. The number of fused-ring (bicyclic) bond motifs is 2. The molecule has 8 nitrogen and oxygen atoms in total. The zero-order valence-electron chi connectivity index (χ0n) is 23.4. The van der Waals surface area contributed by atoms with Crippen molar-refractivity contribution in [1.29, 1.82) is 0 Å². The lowest BCUT2D eigenvalue weighted by Gasteiger charge is -2.32. The van der Waals surface area contributed by atoms with Crippen molar-refractivity contribution in [3.05, 3.63) is 88.1 Å². The van der Waals surface area contributed by atoms with Crippen molar-refractivity contribution in [2.24, 2.45) is 5.92 Å². The van der Waals surface area contributed by atoms with Gasteiger partial charge in [0.05, 0.1) is 48.6 Å². The van der Waals surface area contributed by atoms with Gasteiger partial charge in [0, 0.05) is 35.2 Å². The van der Waals surface area contributed by atoms with Crippen LogP contribution in [0.5, 0.6) is 5.88 Å². The molecule has 1 aliphatic carbocycles. The summed E-state index contributed by atoms with van der Waals surface area (Å²) in [5.41, 5.74) is 3.86. The molecule has 1 saturated carbocycles. The van der Waals surface area contributed by atoms with Gasteiger partial charge < -0.3 is 18.8 Å². The number of pyridine rings is 1. The Morgan fingerprint density at radius 2 is 2.07 bits per heavy atom. The van der Waals surface area contributed by atoms with Crippen LogP contribution in [-0.2, 0) is 34.6 Å². The average Bonchev–Trinajstić information content (AvgIpc) is 3.62. The number of likely N-dealkylation sites (tertiary alicyclic amines) is 1. The van der Waals surface area contributed by atoms with E-state index >= 15 is 0 Å². The molecule has 42 heavy (non-hydrogen) atoms. The molecule has 0 amide bonds. The molecule has 3 aliphatic rings. The predicted molar refractivity (Wildman–Crippen MR) is 155 cm³/mol. The molecule has 218 valence electrons. The number of halogens is 2. The van der Waals surface area contributed by atoms with Crippen LogP contribution in [0.1, 0.15) is 46.7 Å². The molecular formula is C32H32ClFN4O4. The third-order valence-electron chi connectivity index (χ3n) is 9.00. The minimum Gasteiger partial charge on any atom is -0.473 e. The van der Waals surface area contributed by atoms with Gasteiger partial charge in [-0.2, -0.15) is 0 Å². The van der Waals surface area contributed by atoms with Crippen LogP contribution >= 0.6 is 11.6 Å². The second kappa shape index (κ2) is 10.9. The number of hydrogen-bond donors (Lipinski definition) is 0. The lowest BCUT2D eigenvalue weighted by atomic mass is 9.91. The number of nitrogens with zero attached hydrogens (tertiary/aromatic N) is 4. The standard InChI is InChI=1S/C32H32ClFN4O4/c1-40-31(39)20-6-8-26-27(13-20)38(17-24-9-12-41-24)29(35-26)18-37-11-10-32(15-22(32)16-37)28-3-2-4-30(36-28)42-19-21-5-7-23(33)14-25(21)34/h2-8,13-14,22,24H,9-12,15-19H2,1H3. The van der Waals surface area contributed by atoms with Gasteiger partial charge in [-0.1, -0.05) is 23.7 Å². The first-order valence-electron chi connectivity index (χ1n) is 14.4. The molecule has 0 radical (unpaired) electrons. The van der Waals surface area contributed by atoms with Crippen LogP contribution in [0.2, 0.25) is 5.02 Å². The van der Waals surface area contributed by atoms with Crippen molar-refractivity contribution in [2.45, 2.75) is 50.5 Å². The number of aromatic nitrogens is 3. The summed E-state index contributed by atoms with van der Waals surface area (Å²) < 4.78 is 33.0. The summed E-state index contributed by atoms with van der Waals surface area (Å²) in [5, 5.41) is 0.360. The number of hydrogen-bond acceptors (Lipinski definition) is 7. The molecule has 2 saturated heterocycles. The topological polar surface area (TPSA) is 78.7 Å². The number of benzene rings is 2. The first-order chi connectivity index (χ1) is 20.4. The first kappa shape index (κ1) is 27.3. The van der Waals surface area contributed by atoms with Crippen molar-refractivity contribution in [3.63, 3.8) is 0 Å². The highest BCUT2D eigenvalue weighted by Crippen LogP contribution is 2.59. The number of carbonyl (C=O) groups is 1. The quantitative estimate of drug-likeness (QED) is 0.237. The van der Waals surface area contributed by atoms with E-state index in [9.17, 15) is 9.18 Å². The molecule has 2 aromatic heterocycles. The monoisotopic (exact) mass is 590 g/mol. The van der Waals surface area contributed by atoms with Crippen LogP contribution in [0.4, 0.5) is 4.39 Å². The Balaban J connectivity index is 1.05. The van der Waals surface area contributed by atoms with Crippen LogP contribution in [0, 0.1) is 11.7 Å². The minimum atomic E-state index is -0.385. The maximum absolute atomic E-state index is 14.2. The molecule has 3 fully saturated rings. The zero-order chi connectivity index (χ0) is 28.8. The van der Waals surface area contributed by atoms with E-state index in [1.165, 1.54) is 13.2 Å². The summed E-state index contributed by atoms with van der Waals surface area (Å²) in [6.45, 7) is 4.21. The van der Waals surface area contributed by atoms with Gasteiger partial charge in [-0.25, -0.2) is 19.2 Å². The fraction of sp³-hybridized carbons (Fsp3) is 0.406. The van der Waals surface area contributed by atoms with Gasteiger partial charge in [-0.15, -0.1) is 0 Å². The van der Waals surface area contributed by atoms with E-state index in [0.717, 1.165) is 68.1 Å². The maximum atomic E-state index is 14.2. The molecule has 0 bridgehead atoms. The van der Waals surface area contributed by atoms with E-state index in [2.05, 4.69) is 15.5 Å². The Morgan fingerprint density at radius 1 is 1.19 bits per heavy atom. The largest absolute Gasteiger partial charge is 0.473 e. The number of methoxy groups -OCH3 is 1. The van der Waals surface area contributed by atoms with E-state index in [-0.39, 0.29) is 29.9 Å². The summed E-state index contributed by atoms with van der Waals surface area (Å²) in [4.78, 5) is 24.5. The van der Waals surface area contributed by atoms with Crippen LogP contribution in [-0.4, -0.2) is 58.3 Å². The number of ether oxygens (including phenoxy) is 3. The summed E-state index contributed by atoms with van der Waals surface area (Å²) in [6, 6.07) is 16.0. The lowest BCUT2D eigenvalue weighted by Crippen LogP contribution is -2.37. The highest BCUT2D eigenvalue weighted by atomic mass is 35.5. The smallest absolute Gasteiger partial charge is 0.337 e. The number of piperidine rings is 1. The molecule has 3 unspecified atom stereocenters. The van der Waals surface area contributed by atoms with E-state index in [4.69, 9.17) is 35.8 Å². The normalized spacial score (nSPS) is 23.3. The van der Waals surface area contributed by atoms with Crippen LogP contribution < -0.4 is 4.74 Å². The van der Waals surface area contributed by atoms with Gasteiger partial charge in [-0.05, 0) is 68.1 Å². The summed E-state index contributed by atoms with van der Waals surface area (Å²) in [5.74, 6) is 1.25. The molecule has 4 heterocycles. The zero-order valence-corrected chi connectivity index (χ0v) is 24.1. The first-order valence-corrected chi connectivity index (χ1v) is 14.8. The number of imidazole rings is 1. The average molecular weight is 591 g/mol. The Bertz CT molecular complexity index is 1660. The Morgan fingerprint density at radius 3 is 2.83 bits per heavy atom. The Labute approximate surface area is 248 Å². The fourth-order valence-corrected chi connectivity index (χ4v) is 6.57. The minimum absolute atomic E-state index is 0.0523. The molecule has 3 atom stereocenters. The summed E-state index contributed by atoms with van der Waals surface area (Å²) in [6.07, 6.45) is 3.27. The number of esters is 1. The predicted octanol–water partition coefficient (Wildman–Crippen LogP) is 5.54. The van der Waals surface area contributed by atoms with E-state index in [0.29, 0.717) is 34.5 Å². The molecular weight excluding hydrogens is 559 g/mol. The van der Waals surface area contributed by atoms with E-state index in [1.54, 1.807) is 18.2 Å². The number of carbonyl (C=O) groups excluding carboxylic acids is 1. The lowest BCUT2D eigenvalue weighted by molar-refractivity contribution is -0.0592. The second-order valence-corrected chi connectivity index (χ2v) is 12.0. The molecule has 4 aromatic rings. The van der Waals surface area contributed by atoms with Crippen LogP contribution in [0.15, 0.2) is 54.6 Å². The Hall–Kier alpha value is -3.53. The van der Waals surface area contributed by atoms with Crippen LogP contribution in [0.25, 0.3) is 11.0 Å². The third kappa shape index (κ3) is 5.14. The summed E-state index contributed by atoms with van der Waals surface area (Å²) >= 11 is 5.87. The second-order valence-electron chi connectivity index (χ2n) is 11.5. The fourth-order valence-electron chi connectivity index (χ4n) is 6.41. The van der Waals surface area contributed by atoms with E-state index < -0.39 is 0 Å². The van der Waals surface area contributed by atoms with Crippen molar-refractivity contribution in [3.8, 4) is 5.88 Å². The third-order valence-corrected chi connectivity index (χ3v) is 9.24. The molecule has 7 rings (SSSR count). The molecule has 2 aliphatic heterocycles. The summed E-state index contributed by atoms with van der Waals surface area (Å²) in [7, 11) is 1.40. The van der Waals surface area contributed by atoms with Crippen molar-refractivity contribution in [1.82, 2.24) is 19.4 Å². The maximum Gasteiger partial charge on any atom is 0.337 e. The van der Waals surface area contributed by atoms with Crippen LogP contribution in [0.3, 0.4) is 0 Å². The van der Waals surface area contributed by atoms with Crippen molar-refractivity contribution < 1.29 is 23.4 Å². The SMILES string of the molecule is COC(=O)c1ccc2nc(CN3CCC4(c5cccc(OCc6ccc(Cl)cc6F)n5)CC4C3)n(CC3CCO3)c2c1. The van der Waals surface area contributed by atoms with Gasteiger partial charge >= 0.3 is 5.97 Å². The van der Waals surface area contributed by atoms with Gasteiger partial charge in [0.1, 0.15) is 18.2 Å². The van der Waals surface area contributed by atoms with Gasteiger partial charge in [-0.3, -0.25) is 4.90 Å². The van der Waals surface area contributed by atoms with Gasteiger partial charge in [0.2, 0.25) is 5.88 Å². The molecule has 0 N–H and O–H groups in total. The highest BCUT2D eigenvalue weighted by molar-refractivity contribution is 6.30. The van der Waals surface area contributed by atoms with Crippen molar-refractivity contribution >= 4 is 28.6 Å². The molecule has 0 spiro atoms. The van der Waals surface area contributed by atoms with Crippen molar-refractivity contribution in [2.75, 3.05) is 26.8 Å². The Kier molecular flexibility index (Phi) is 7.12. The van der Waals surface area contributed by atoms with Gasteiger partial charge in [0.25, 0.3) is 0 Å². The van der Waals surface area contributed by atoms with E-state index in [1.807, 2.05) is 24.3 Å². The molecule has 10 heteroatoms.